The molecule has 0 aliphatic carbocycles. The van der Waals surface area contributed by atoms with Gasteiger partial charge in [0.15, 0.2) is 0 Å². The third-order valence-corrected chi connectivity index (χ3v) is 6.98. The summed E-state index contributed by atoms with van der Waals surface area (Å²) < 4.78 is 27.0. The summed E-state index contributed by atoms with van der Waals surface area (Å²) in [5.41, 5.74) is 3.75. The van der Waals surface area contributed by atoms with Gasteiger partial charge in [-0.2, -0.15) is 4.31 Å². The molecule has 2 aromatic carbocycles. The first kappa shape index (κ1) is 17.9. The zero-order valence-corrected chi connectivity index (χ0v) is 15.8. The van der Waals surface area contributed by atoms with Gasteiger partial charge in [-0.25, -0.2) is 8.42 Å². The highest BCUT2D eigenvalue weighted by atomic mass is 32.2. The number of carbonyl (C=O) groups excluding carboxylic acids is 2. The van der Waals surface area contributed by atoms with Gasteiger partial charge in [-0.1, -0.05) is 35.9 Å². The van der Waals surface area contributed by atoms with Crippen molar-refractivity contribution in [2.45, 2.75) is 19.9 Å². The van der Waals surface area contributed by atoms with E-state index in [9.17, 15) is 18.0 Å². The van der Waals surface area contributed by atoms with Crippen molar-refractivity contribution in [2.24, 2.45) is 0 Å². The number of fused-ring (bicyclic) bond motifs is 2. The lowest BCUT2D eigenvalue weighted by atomic mass is 10.0. The standard InChI is InChI=1S/C20H20N2O4S/c1-14-6-7-17-18(12-14)20(24)22(19(17)23)10-11-27(25,26)21-9-8-15-4-2-3-5-16(15)13-21/h2-7,12H,8-11,13H2,1H3. The quantitative estimate of drug-likeness (QED) is 0.756. The first-order valence-corrected chi connectivity index (χ1v) is 10.5. The minimum atomic E-state index is -3.57. The van der Waals surface area contributed by atoms with Crippen LogP contribution in [0.3, 0.4) is 0 Å². The van der Waals surface area contributed by atoms with Gasteiger partial charge in [0.1, 0.15) is 0 Å². The molecule has 0 unspecified atom stereocenters. The first-order valence-electron chi connectivity index (χ1n) is 8.88. The van der Waals surface area contributed by atoms with Gasteiger partial charge >= 0.3 is 0 Å². The van der Waals surface area contributed by atoms with Crippen molar-refractivity contribution in [3.8, 4) is 0 Å². The molecule has 0 atom stereocenters. The van der Waals surface area contributed by atoms with Crippen LogP contribution in [0.1, 0.15) is 37.4 Å². The second kappa shape index (κ2) is 6.58. The molecule has 27 heavy (non-hydrogen) atoms. The number of imide groups is 1. The molecule has 0 fully saturated rings. The fraction of sp³-hybridized carbons (Fsp3) is 0.300. The van der Waals surface area contributed by atoms with Crippen molar-refractivity contribution >= 4 is 21.8 Å². The molecule has 0 aromatic heterocycles. The van der Waals surface area contributed by atoms with Gasteiger partial charge < -0.3 is 0 Å². The highest BCUT2D eigenvalue weighted by Crippen LogP contribution is 2.25. The normalized spacial score (nSPS) is 17.1. The van der Waals surface area contributed by atoms with Crippen molar-refractivity contribution in [2.75, 3.05) is 18.8 Å². The summed E-state index contributed by atoms with van der Waals surface area (Å²) in [5.74, 6) is -1.10. The third-order valence-electron chi connectivity index (χ3n) is 5.19. The minimum absolute atomic E-state index is 0.133. The molecule has 0 radical (unpaired) electrons. The van der Waals surface area contributed by atoms with Gasteiger partial charge in [-0.3, -0.25) is 14.5 Å². The fourth-order valence-corrected chi connectivity index (χ4v) is 5.03. The van der Waals surface area contributed by atoms with E-state index in [-0.39, 0.29) is 12.3 Å². The summed E-state index contributed by atoms with van der Waals surface area (Å²) >= 11 is 0. The highest BCUT2D eigenvalue weighted by molar-refractivity contribution is 7.89. The van der Waals surface area contributed by atoms with Crippen LogP contribution in [0.4, 0.5) is 0 Å². The molecule has 2 aromatic rings. The van der Waals surface area contributed by atoms with Crippen molar-refractivity contribution in [3.05, 3.63) is 70.3 Å². The number of aryl methyl sites for hydroxylation is 1. The Labute approximate surface area is 158 Å². The number of hydrogen-bond donors (Lipinski definition) is 0. The van der Waals surface area contributed by atoms with Crippen molar-refractivity contribution in [3.63, 3.8) is 0 Å². The number of benzene rings is 2. The Bertz CT molecular complexity index is 1050. The van der Waals surface area contributed by atoms with Gasteiger partial charge in [-0.05, 0) is 36.6 Å². The Morgan fingerprint density at radius 3 is 2.44 bits per heavy atom. The Balaban J connectivity index is 1.47. The maximum atomic E-state index is 12.8. The Hall–Kier alpha value is -2.51. The van der Waals surface area contributed by atoms with E-state index in [0.717, 1.165) is 16.0 Å². The molecule has 0 saturated heterocycles. The molecule has 2 aliphatic rings. The van der Waals surface area contributed by atoms with Crippen LogP contribution in [-0.4, -0.2) is 48.3 Å². The molecule has 4 rings (SSSR count). The lowest BCUT2D eigenvalue weighted by Crippen LogP contribution is -2.41. The maximum absolute atomic E-state index is 12.8. The number of hydrogen-bond acceptors (Lipinski definition) is 4. The van der Waals surface area contributed by atoms with Crippen LogP contribution in [0.2, 0.25) is 0 Å². The Kier molecular flexibility index (Phi) is 4.36. The van der Waals surface area contributed by atoms with Crippen LogP contribution in [0.25, 0.3) is 0 Å². The van der Waals surface area contributed by atoms with Crippen LogP contribution in [0.15, 0.2) is 42.5 Å². The molecule has 0 saturated carbocycles. The van der Waals surface area contributed by atoms with E-state index >= 15 is 0 Å². The van der Waals surface area contributed by atoms with Crippen LogP contribution in [-0.2, 0) is 23.0 Å². The molecule has 2 aliphatic heterocycles. The number of sulfonamides is 1. The second-order valence-corrected chi connectivity index (χ2v) is 9.07. The molecule has 7 heteroatoms. The third kappa shape index (κ3) is 3.17. The number of rotatable bonds is 4. The van der Waals surface area contributed by atoms with Gasteiger partial charge in [0.2, 0.25) is 10.0 Å². The molecule has 0 spiro atoms. The molecule has 2 heterocycles. The summed E-state index contributed by atoms with van der Waals surface area (Å²) in [6.07, 6.45) is 0.668. The topological polar surface area (TPSA) is 74.8 Å². The van der Waals surface area contributed by atoms with Gasteiger partial charge in [0.05, 0.1) is 16.9 Å². The minimum Gasteiger partial charge on any atom is -0.273 e. The fourth-order valence-electron chi connectivity index (χ4n) is 3.65. The summed E-state index contributed by atoms with van der Waals surface area (Å²) in [5, 5.41) is 0. The second-order valence-electron chi connectivity index (χ2n) is 6.98. The first-order chi connectivity index (χ1) is 12.9. The molecule has 6 nitrogen and oxygen atoms in total. The van der Waals surface area contributed by atoms with E-state index in [1.54, 1.807) is 18.2 Å². The van der Waals surface area contributed by atoms with Gasteiger partial charge in [0.25, 0.3) is 11.8 Å². The average molecular weight is 384 g/mol. The van der Waals surface area contributed by atoms with Gasteiger partial charge in [-0.15, -0.1) is 0 Å². The number of nitrogens with zero attached hydrogens (tertiary/aromatic N) is 2. The Morgan fingerprint density at radius 2 is 1.67 bits per heavy atom. The number of amides is 2. The summed E-state index contributed by atoms with van der Waals surface area (Å²) in [6, 6.07) is 12.9. The van der Waals surface area contributed by atoms with Crippen molar-refractivity contribution in [1.82, 2.24) is 9.21 Å². The van der Waals surface area contributed by atoms with E-state index in [4.69, 9.17) is 0 Å². The summed E-state index contributed by atoms with van der Waals surface area (Å²) in [4.78, 5) is 26.0. The largest absolute Gasteiger partial charge is 0.273 e. The SMILES string of the molecule is Cc1ccc2c(c1)C(=O)N(CCS(=O)(=O)N1CCc3ccccc3C1)C2=O. The average Bonchev–Trinajstić information content (AvgIpc) is 2.89. The monoisotopic (exact) mass is 384 g/mol. The highest BCUT2D eigenvalue weighted by Gasteiger charge is 2.37. The zero-order valence-electron chi connectivity index (χ0n) is 15.0. The molecule has 2 amide bonds. The molecule has 0 bridgehead atoms. The van der Waals surface area contributed by atoms with E-state index in [1.807, 2.05) is 31.2 Å². The van der Waals surface area contributed by atoms with Crippen LogP contribution >= 0.6 is 0 Å². The molecule has 140 valence electrons. The van der Waals surface area contributed by atoms with E-state index in [2.05, 4.69) is 0 Å². The molecule has 0 N–H and O–H groups in total. The van der Waals surface area contributed by atoms with E-state index in [0.29, 0.717) is 30.6 Å². The summed E-state index contributed by atoms with van der Waals surface area (Å²) in [6.45, 7) is 2.46. The predicted octanol–water partition coefficient (Wildman–Crippen LogP) is 1.98. The van der Waals surface area contributed by atoms with Crippen LogP contribution < -0.4 is 0 Å². The lowest BCUT2D eigenvalue weighted by molar-refractivity contribution is 0.0663. The number of carbonyl (C=O) groups is 2. The molecular formula is C20H20N2O4S. The van der Waals surface area contributed by atoms with E-state index < -0.39 is 21.8 Å². The Morgan fingerprint density at radius 1 is 0.963 bits per heavy atom. The van der Waals surface area contributed by atoms with Crippen LogP contribution in [0.5, 0.6) is 0 Å². The smallest absolute Gasteiger partial charge is 0.261 e. The lowest BCUT2D eigenvalue weighted by Gasteiger charge is -2.28. The zero-order chi connectivity index (χ0) is 19.2. The predicted molar refractivity (Wildman–Crippen MR) is 101 cm³/mol. The summed E-state index contributed by atoms with van der Waals surface area (Å²) in [7, 11) is -3.57. The van der Waals surface area contributed by atoms with Gasteiger partial charge in [0, 0.05) is 19.6 Å². The van der Waals surface area contributed by atoms with E-state index in [1.165, 1.54) is 9.87 Å². The maximum Gasteiger partial charge on any atom is 0.261 e. The van der Waals surface area contributed by atoms with Crippen molar-refractivity contribution in [1.29, 1.82) is 0 Å². The van der Waals surface area contributed by atoms with Crippen molar-refractivity contribution < 1.29 is 18.0 Å². The van der Waals surface area contributed by atoms with Crippen LogP contribution in [0, 0.1) is 6.92 Å². The molecular weight excluding hydrogens is 364 g/mol.